The molecular formula is C16H12N6OS2. The molecule has 0 saturated carbocycles. The van der Waals surface area contributed by atoms with Crippen LogP contribution in [-0.4, -0.2) is 31.5 Å². The first kappa shape index (κ1) is 15.6. The monoisotopic (exact) mass is 368 g/mol. The Hall–Kier alpha value is -2.91. The molecule has 0 unspecified atom stereocenters. The van der Waals surface area contributed by atoms with Crippen LogP contribution in [0.3, 0.4) is 0 Å². The SMILES string of the molecule is O=C(Cc1csc(-c2cccs2)n1)Nc1ccc(-c2nn[nH]n2)cc1. The number of H-pyrrole nitrogens is 1. The lowest BCUT2D eigenvalue weighted by molar-refractivity contribution is -0.115. The van der Waals surface area contributed by atoms with Gasteiger partial charge in [0, 0.05) is 16.6 Å². The zero-order valence-electron chi connectivity index (χ0n) is 12.8. The van der Waals surface area contributed by atoms with Gasteiger partial charge in [-0.25, -0.2) is 4.98 Å². The first-order chi connectivity index (χ1) is 12.3. The number of carbonyl (C=O) groups excluding carboxylic acids is 1. The number of rotatable bonds is 5. The third-order valence-corrected chi connectivity index (χ3v) is 5.33. The van der Waals surface area contributed by atoms with Crippen LogP contribution in [-0.2, 0) is 11.2 Å². The van der Waals surface area contributed by atoms with Crippen LogP contribution in [0.2, 0.25) is 0 Å². The fraction of sp³-hybridized carbons (Fsp3) is 0.0625. The average molecular weight is 368 g/mol. The predicted octanol–water partition coefficient (Wildman–Crippen LogP) is 3.23. The molecule has 0 radical (unpaired) electrons. The van der Waals surface area contributed by atoms with Crippen molar-refractivity contribution in [3.8, 4) is 21.3 Å². The number of nitrogens with one attached hydrogen (secondary N) is 2. The van der Waals surface area contributed by atoms with Crippen LogP contribution in [0.4, 0.5) is 5.69 Å². The smallest absolute Gasteiger partial charge is 0.230 e. The maximum atomic E-state index is 12.2. The van der Waals surface area contributed by atoms with E-state index in [0.717, 1.165) is 21.1 Å². The number of benzene rings is 1. The summed E-state index contributed by atoms with van der Waals surface area (Å²) in [5, 5.41) is 21.5. The summed E-state index contributed by atoms with van der Waals surface area (Å²) in [6.07, 6.45) is 0.245. The van der Waals surface area contributed by atoms with Crippen LogP contribution in [0.25, 0.3) is 21.3 Å². The zero-order valence-corrected chi connectivity index (χ0v) is 14.5. The highest BCUT2D eigenvalue weighted by molar-refractivity contribution is 7.20. The van der Waals surface area contributed by atoms with Crippen LogP contribution < -0.4 is 5.32 Å². The van der Waals surface area contributed by atoms with Gasteiger partial charge in [0.25, 0.3) is 0 Å². The summed E-state index contributed by atoms with van der Waals surface area (Å²) in [6.45, 7) is 0. The number of hydrogen-bond acceptors (Lipinski definition) is 7. The number of aromatic nitrogens is 5. The van der Waals surface area contributed by atoms with Crippen molar-refractivity contribution in [1.82, 2.24) is 25.6 Å². The molecule has 0 aliphatic heterocycles. The second-order valence-corrected chi connectivity index (χ2v) is 6.96. The highest BCUT2D eigenvalue weighted by Gasteiger charge is 2.10. The molecule has 9 heteroatoms. The van der Waals surface area contributed by atoms with E-state index in [1.165, 1.54) is 0 Å². The van der Waals surface area contributed by atoms with E-state index in [2.05, 4.69) is 30.9 Å². The Kier molecular flexibility index (Phi) is 4.32. The third kappa shape index (κ3) is 3.62. The maximum absolute atomic E-state index is 12.2. The lowest BCUT2D eigenvalue weighted by Crippen LogP contribution is -2.14. The molecule has 0 aliphatic rings. The van der Waals surface area contributed by atoms with E-state index in [4.69, 9.17) is 0 Å². The van der Waals surface area contributed by atoms with Gasteiger partial charge in [0.15, 0.2) is 0 Å². The normalized spacial score (nSPS) is 10.7. The summed E-state index contributed by atoms with van der Waals surface area (Å²) in [6, 6.07) is 11.3. The van der Waals surface area contributed by atoms with Crippen LogP contribution in [0.5, 0.6) is 0 Å². The minimum absolute atomic E-state index is 0.102. The number of anilines is 1. The largest absolute Gasteiger partial charge is 0.326 e. The maximum Gasteiger partial charge on any atom is 0.230 e. The molecule has 3 aromatic heterocycles. The summed E-state index contributed by atoms with van der Waals surface area (Å²) >= 11 is 3.19. The number of thiophene rings is 1. The van der Waals surface area contributed by atoms with Crippen molar-refractivity contribution in [1.29, 1.82) is 0 Å². The van der Waals surface area contributed by atoms with Crippen molar-refractivity contribution in [3.05, 3.63) is 52.9 Å². The fourth-order valence-corrected chi connectivity index (χ4v) is 3.89. The molecule has 1 amide bonds. The molecule has 124 valence electrons. The molecular weight excluding hydrogens is 356 g/mol. The highest BCUT2D eigenvalue weighted by Crippen LogP contribution is 2.28. The van der Waals surface area contributed by atoms with E-state index in [9.17, 15) is 4.79 Å². The first-order valence-corrected chi connectivity index (χ1v) is 9.16. The van der Waals surface area contributed by atoms with Gasteiger partial charge in [-0.15, -0.1) is 32.9 Å². The van der Waals surface area contributed by atoms with Crippen molar-refractivity contribution in [2.75, 3.05) is 5.32 Å². The second-order valence-electron chi connectivity index (χ2n) is 5.16. The summed E-state index contributed by atoms with van der Waals surface area (Å²) < 4.78 is 0. The van der Waals surface area contributed by atoms with E-state index in [0.29, 0.717) is 11.5 Å². The molecule has 0 atom stereocenters. The van der Waals surface area contributed by atoms with E-state index >= 15 is 0 Å². The number of thiazole rings is 1. The Morgan fingerprint density at radius 3 is 2.76 bits per heavy atom. The lowest BCUT2D eigenvalue weighted by Gasteiger charge is -2.04. The van der Waals surface area contributed by atoms with Gasteiger partial charge >= 0.3 is 0 Å². The molecule has 0 bridgehead atoms. The fourth-order valence-electron chi connectivity index (χ4n) is 2.26. The van der Waals surface area contributed by atoms with Crippen molar-refractivity contribution in [2.45, 2.75) is 6.42 Å². The van der Waals surface area contributed by atoms with E-state index in [1.807, 2.05) is 47.2 Å². The second kappa shape index (κ2) is 6.91. The molecule has 0 saturated heterocycles. The quantitative estimate of drug-likeness (QED) is 0.564. The molecule has 3 heterocycles. The van der Waals surface area contributed by atoms with Gasteiger partial charge in [-0.05, 0) is 40.9 Å². The number of aromatic amines is 1. The van der Waals surface area contributed by atoms with Gasteiger partial charge in [-0.1, -0.05) is 6.07 Å². The van der Waals surface area contributed by atoms with Crippen molar-refractivity contribution < 1.29 is 4.79 Å². The molecule has 2 N–H and O–H groups in total. The van der Waals surface area contributed by atoms with Gasteiger partial charge in [-0.2, -0.15) is 5.21 Å². The number of amides is 1. The standard InChI is InChI=1S/C16H12N6OS2/c23-14(8-12-9-25-16(18-12)13-2-1-7-24-13)17-11-5-3-10(4-6-11)15-19-21-22-20-15/h1-7,9H,8H2,(H,17,23)(H,19,20,21,22). The van der Waals surface area contributed by atoms with Crippen LogP contribution in [0.15, 0.2) is 47.2 Å². The van der Waals surface area contributed by atoms with Gasteiger partial charge < -0.3 is 5.32 Å². The first-order valence-electron chi connectivity index (χ1n) is 7.40. The van der Waals surface area contributed by atoms with Crippen molar-refractivity contribution in [3.63, 3.8) is 0 Å². The summed E-state index contributed by atoms with van der Waals surface area (Å²) in [7, 11) is 0. The molecule has 0 fully saturated rings. The van der Waals surface area contributed by atoms with Crippen LogP contribution in [0, 0.1) is 0 Å². The molecule has 4 aromatic rings. The summed E-state index contributed by atoms with van der Waals surface area (Å²) in [4.78, 5) is 17.9. The van der Waals surface area contributed by atoms with Gasteiger partial charge in [0.1, 0.15) is 5.01 Å². The minimum atomic E-state index is -0.102. The van der Waals surface area contributed by atoms with E-state index in [1.54, 1.807) is 22.7 Å². The Morgan fingerprint density at radius 2 is 2.04 bits per heavy atom. The van der Waals surface area contributed by atoms with Crippen LogP contribution >= 0.6 is 22.7 Å². The predicted molar refractivity (Wildman–Crippen MR) is 97.4 cm³/mol. The molecule has 7 nitrogen and oxygen atoms in total. The van der Waals surface area contributed by atoms with Gasteiger partial charge in [0.2, 0.25) is 11.7 Å². The lowest BCUT2D eigenvalue weighted by atomic mass is 10.2. The van der Waals surface area contributed by atoms with Gasteiger partial charge in [0.05, 0.1) is 17.0 Å². The molecule has 0 spiro atoms. The summed E-state index contributed by atoms with van der Waals surface area (Å²) in [5.41, 5.74) is 2.31. The average Bonchev–Trinajstić information content (AvgIpc) is 3.37. The number of nitrogens with zero attached hydrogens (tertiary/aromatic N) is 4. The number of carbonyl (C=O) groups is 1. The van der Waals surface area contributed by atoms with E-state index in [-0.39, 0.29) is 12.3 Å². The molecule has 1 aromatic carbocycles. The van der Waals surface area contributed by atoms with Gasteiger partial charge in [-0.3, -0.25) is 4.79 Å². The Morgan fingerprint density at radius 1 is 1.16 bits per heavy atom. The molecule has 0 aliphatic carbocycles. The number of tetrazole rings is 1. The molecule has 4 rings (SSSR count). The Balaban J connectivity index is 1.39. The highest BCUT2D eigenvalue weighted by atomic mass is 32.1. The topological polar surface area (TPSA) is 96.5 Å². The number of hydrogen-bond donors (Lipinski definition) is 2. The van der Waals surface area contributed by atoms with Crippen molar-refractivity contribution in [2.24, 2.45) is 0 Å². The van der Waals surface area contributed by atoms with Crippen LogP contribution in [0.1, 0.15) is 5.69 Å². The Bertz CT molecular complexity index is 961. The third-order valence-electron chi connectivity index (χ3n) is 3.40. The summed E-state index contributed by atoms with van der Waals surface area (Å²) in [5.74, 6) is 0.414. The minimum Gasteiger partial charge on any atom is -0.326 e. The zero-order chi connectivity index (χ0) is 17.1. The van der Waals surface area contributed by atoms with Crippen molar-refractivity contribution >= 4 is 34.3 Å². The Labute approximate surface area is 150 Å². The van der Waals surface area contributed by atoms with E-state index < -0.39 is 0 Å². The molecule has 25 heavy (non-hydrogen) atoms.